The first-order valence-corrected chi connectivity index (χ1v) is 6.67. The molecular weight excluding hydrogens is 226 g/mol. The van der Waals surface area contributed by atoms with Crippen molar-refractivity contribution < 1.29 is 0 Å². The Morgan fingerprint density at radius 2 is 2.44 bits per heavy atom. The number of hydrogen-bond donors (Lipinski definition) is 1. The molecule has 1 N–H and O–H groups in total. The summed E-state index contributed by atoms with van der Waals surface area (Å²) in [4.78, 5) is 6.91. The van der Waals surface area contributed by atoms with Gasteiger partial charge in [0, 0.05) is 25.3 Å². The molecule has 5 nitrogen and oxygen atoms in total. The second kappa shape index (κ2) is 4.94. The zero-order valence-corrected chi connectivity index (χ0v) is 10.7. The van der Waals surface area contributed by atoms with Gasteiger partial charge in [0.1, 0.15) is 0 Å². The standard InChI is InChI=1S/C13H19N5/c1-2-17(11-6-5-8-14-10-11)13-15-12-7-3-4-9-18(12)16-13/h3-4,7,9,11,14H,2,5-6,8,10H2,1H3. The van der Waals surface area contributed by atoms with Gasteiger partial charge in [-0.3, -0.25) is 0 Å². The Kier molecular flexibility index (Phi) is 3.15. The van der Waals surface area contributed by atoms with Crippen LogP contribution in [0.1, 0.15) is 19.8 Å². The van der Waals surface area contributed by atoms with Crippen LogP contribution in [0.15, 0.2) is 24.4 Å². The molecule has 1 aliphatic rings. The van der Waals surface area contributed by atoms with Crippen LogP contribution in [-0.4, -0.2) is 40.3 Å². The Morgan fingerprint density at radius 3 is 3.17 bits per heavy atom. The topological polar surface area (TPSA) is 45.5 Å². The molecule has 1 atom stereocenters. The van der Waals surface area contributed by atoms with Crippen molar-refractivity contribution in [1.82, 2.24) is 19.9 Å². The Labute approximate surface area is 107 Å². The lowest BCUT2D eigenvalue weighted by atomic mass is 10.1. The second-order valence-corrected chi connectivity index (χ2v) is 4.70. The van der Waals surface area contributed by atoms with Crippen LogP contribution in [0.25, 0.3) is 5.65 Å². The molecule has 0 bridgehead atoms. The van der Waals surface area contributed by atoms with E-state index in [0.717, 1.165) is 31.2 Å². The van der Waals surface area contributed by atoms with E-state index in [-0.39, 0.29) is 0 Å². The highest BCUT2D eigenvalue weighted by Gasteiger charge is 2.22. The number of likely N-dealkylation sites (N-methyl/N-ethyl adjacent to an activating group) is 1. The fourth-order valence-electron chi connectivity index (χ4n) is 2.60. The van der Waals surface area contributed by atoms with Crippen LogP contribution < -0.4 is 10.2 Å². The predicted octanol–water partition coefficient (Wildman–Crippen LogP) is 1.31. The SMILES string of the molecule is CCN(c1nc2ccccn2n1)C1CCCNC1. The maximum atomic E-state index is 4.61. The van der Waals surface area contributed by atoms with Gasteiger partial charge in [-0.15, -0.1) is 5.10 Å². The number of rotatable bonds is 3. The molecule has 0 amide bonds. The van der Waals surface area contributed by atoms with Crippen LogP contribution in [-0.2, 0) is 0 Å². The number of pyridine rings is 1. The molecule has 96 valence electrons. The average Bonchev–Trinajstić information content (AvgIpc) is 2.84. The van der Waals surface area contributed by atoms with Crippen molar-refractivity contribution in [3.8, 4) is 0 Å². The first kappa shape index (κ1) is 11.5. The van der Waals surface area contributed by atoms with Gasteiger partial charge >= 0.3 is 0 Å². The van der Waals surface area contributed by atoms with Crippen molar-refractivity contribution in [3.05, 3.63) is 24.4 Å². The molecule has 1 fully saturated rings. The lowest BCUT2D eigenvalue weighted by molar-refractivity contribution is 0.431. The van der Waals surface area contributed by atoms with Gasteiger partial charge in [0.15, 0.2) is 5.65 Å². The van der Waals surface area contributed by atoms with Gasteiger partial charge in [0.05, 0.1) is 0 Å². The number of fused-ring (bicyclic) bond motifs is 1. The van der Waals surface area contributed by atoms with E-state index in [0.29, 0.717) is 6.04 Å². The highest BCUT2D eigenvalue weighted by atomic mass is 15.4. The molecule has 0 saturated carbocycles. The van der Waals surface area contributed by atoms with E-state index in [1.807, 2.05) is 28.9 Å². The largest absolute Gasteiger partial charge is 0.336 e. The third kappa shape index (κ3) is 2.06. The number of anilines is 1. The smallest absolute Gasteiger partial charge is 0.245 e. The van der Waals surface area contributed by atoms with Crippen molar-refractivity contribution in [1.29, 1.82) is 0 Å². The molecule has 18 heavy (non-hydrogen) atoms. The highest BCUT2D eigenvalue weighted by Crippen LogP contribution is 2.17. The van der Waals surface area contributed by atoms with Gasteiger partial charge in [-0.25, -0.2) is 4.52 Å². The Bertz CT molecular complexity index is 482. The van der Waals surface area contributed by atoms with E-state index in [1.54, 1.807) is 0 Å². The maximum absolute atomic E-state index is 4.61. The van der Waals surface area contributed by atoms with Gasteiger partial charge in [0.2, 0.25) is 5.95 Å². The molecule has 3 heterocycles. The van der Waals surface area contributed by atoms with Crippen molar-refractivity contribution in [2.45, 2.75) is 25.8 Å². The van der Waals surface area contributed by atoms with Crippen LogP contribution >= 0.6 is 0 Å². The highest BCUT2D eigenvalue weighted by molar-refractivity contribution is 5.45. The molecule has 1 saturated heterocycles. The van der Waals surface area contributed by atoms with E-state index >= 15 is 0 Å². The summed E-state index contributed by atoms with van der Waals surface area (Å²) in [5.41, 5.74) is 0.912. The summed E-state index contributed by atoms with van der Waals surface area (Å²) < 4.78 is 1.84. The summed E-state index contributed by atoms with van der Waals surface area (Å²) in [5, 5.41) is 8.01. The second-order valence-electron chi connectivity index (χ2n) is 4.70. The van der Waals surface area contributed by atoms with Crippen LogP contribution in [0.4, 0.5) is 5.95 Å². The molecule has 5 heteroatoms. The van der Waals surface area contributed by atoms with Crippen molar-refractivity contribution in [2.75, 3.05) is 24.5 Å². The zero-order valence-electron chi connectivity index (χ0n) is 10.7. The van der Waals surface area contributed by atoms with Crippen molar-refractivity contribution in [2.24, 2.45) is 0 Å². The van der Waals surface area contributed by atoms with Gasteiger partial charge in [-0.1, -0.05) is 6.07 Å². The maximum Gasteiger partial charge on any atom is 0.245 e. The average molecular weight is 245 g/mol. The number of hydrogen-bond acceptors (Lipinski definition) is 4. The molecule has 1 unspecified atom stereocenters. The minimum Gasteiger partial charge on any atom is -0.336 e. The summed E-state index contributed by atoms with van der Waals surface area (Å²) >= 11 is 0. The molecule has 0 spiro atoms. The summed E-state index contributed by atoms with van der Waals surface area (Å²) in [6.07, 6.45) is 4.39. The summed E-state index contributed by atoms with van der Waals surface area (Å²) in [5.74, 6) is 0.845. The van der Waals surface area contributed by atoms with E-state index in [4.69, 9.17) is 0 Å². The van der Waals surface area contributed by atoms with E-state index in [9.17, 15) is 0 Å². The Hall–Kier alpha value is -1.62. The molecule has 0 aliphatic carbocycles. The molecule has 3 rings (SSSR count). The fourth-order valence-corrected chi connectivity index (χ4v) is 2.60. The Morgan fingerprint density at radius 1 is 1.50 bits per heavy atom. The lowest BCUT2D eigenvalue weighted by Gasteiger charge is -2.33. The molecule has 1 aliphatic heterocycles. The van der Waals surface area contributed by atoms with Gasteiger partial charge < -0.3 is 10.2 Å². The monoisotopic (exact) mass is 245 g/mol. The van der Waals surface area contributed by atoms with E-state index in [2.05, 4.69) is 27.2 Å². The first-order chi connectivity index (χ1) is 8.88. The first-order valence-electron chi connectivity index (χ1n) is 6.67. The number of aromatic nitrogens is 3. The molecule has 0 radical (unpaired) electrons. The molecule has 2 aromatic rings. The normalized spacial score (nSPS) is 20.2. The minimum absolute atomic E-state index is 0.515. The van der Waals surface area contributed by atoms with E-state index in [1.165, 1.54) is 12.8 Å². The van der Waals surface area contributed by atoms with Crippen LogP contribution in [0.3, 0.4) is 0 Å². The quantitative estimate of drug-likeness (QED) is 0.885. The van der Waals surface area contributed by atoms with Crippen LogP contribution in [0.5, 0.6) is 0 Å². The third-order valence-corrected chi connectivity index (χ3v) is 3.54. The predicted molar refractivity (Wildman–Crippen MR) is 71.9 cm³/mol. The fraction of sp³-hybridized carbons (Fsp3) is 0.538. The third-order valence-electron chi connectivity index (χ3n) is 3.54. The van der Waals surface area contributed by atoms with Gasteiger partial charge in [-0.2, -0.15) is 4.98 Å². The summed E-state index contributed by atoms with van der Waals surface area (Å²) in [7, 11) is 0. The molecular formula is C13H19N5. The summed E-state index contributed by atoms with van der Waals surface area (Å²) in [6, 6.07) is 6.47. The minimum atomic E-state index is 0.515. The number of nitrogens with zero attached hydrogens (tertiary/aromatic N) is 4. The van der Waals surface area contributed by atoms with Crippen molar-refractivity contribution in [3.63, 3.8) is 0 Å². The zero-order chi connectivity index (χ0) is 12.4. The van der Waals surface area contributed by atoms with E-state index < -0.39 is 0 Å². The van der Waals surface area contributed by atoms with Crippen LogP contribution in [0, 0.1) is 0 Å². The van der Waals surface area contributed by atoms with Gasteiger partial charge in [0.25, 0.3) is 0 Å². The number of piperidine rings is 1. The van der Waals surface area contributed by atoms with Crippen molar-refractivity contribution >= 4 is 11.6 Å². The molecule has 0 aromatic carbocycles. The Balaban J connectivity index is 1.90. The number of nitrogens with one attached hydrogen (secondary N) is 1. The molecule has 2 aromatic heterocycles. The summed E-state index contributed by atoms with van der Waals surface area (Å²) in [6.45, 7) is 5.28. The lowest BCUT2D eigenvalue weighted by Crippen LogP contribution is -2.46. The van der Waals surface area contributed by atoms with Gasteiger partial charge in [-0.05, 0) is 38.4 Å². The van der Waals surface area contributed by atoms with Crippen LogP contribution in [0.2, 0.25) is 0 Å².